The fraction of sp³-hybridized carbons (Fsp3) is 0.577. The Balaban J connectivity index is 1.45. The predicted octanol–water partition coefficient (Wildman–Crippen LogP) is 3.47. The van der Waals surface area contributed by atoms with E-state index < -0.39 is 0 Å². The van der Waals surface area contributed by atoms with E-state index in [2.05, 4.69) is 34.3 Å². The van der Waals surface area contributed by atoms with Crippen molar-refractivity contribution < 1.29 is 9.84 Å². The van der Waals surface area contributed by atoms with E-state index in [1.807, 2.05) is 16.8 Å². The molecular formula is C26H33N5O3. The number of anilines is 2. The minimum Gasteiger partial charge on any atom is -0.393 e. The van der Waals surface area contributed by atoms with Gasteiger partial charge in [0, 0.05) is 42.9 Å². The minimum absolute atomic E-state index is 0.00571. The number of hydrogen-bond donors (Lipinski definition) is 2. The van der Waals surface area contributed by atoms with Crippen molar-refractivity contribution in [3.63, 3.8) is 0 Å². The molecule has 8 heteroatoms. The van der Waals surface area contributed by atoms with E-state index in [1.54, 1.807) is 0 Å². The van der Waals surface area contributed by atoms with E-state index in [0.29, 0.717) is 29.9 Å². The summed E-state index contributed by atoms with van der Waals surface area (Å²) in [5.74, 6) is 0.564. The molecule has 1 spiro atoms. The molecule has 180 valence electrons. The molecule has 34 heavy (non-hydrogen) atoms. The molecule has 0 amide bonds. The normalized spacial score (nSPS) is 23.8. The number of aromatic nitrogens is 3. The number of fused-ring (bicyclic) bond motifs is 3. The summed E-state index contributed by atoms with van der Waals surface area (Å²) >= 11 is 0. The molecule has 1 aliphatic carbocycles. The molecular weight excluding hydrogens is 430 g/mol. The van der Waals surface area contributed by atoms with Crippen molar-refractivity contribution in [2.45, 2.75) is 57.6 Å². The number of benzene rings is 1. The maximum absolute atomic E-state index is 14.0. The first-order chi connectivity index (χ1) is 16.6. The van der Waals surface area contributed by atoms with Crippen LogP contribution in [0.3, 0.4) is 0 Å². The van der Waals surface area contributed by atoms with Crippen LogP contribution in [-0.2, 0) is 4.74 Å². The molecule has 2 aromatic heterocycles. The highest BCUT2D eigenvalue weighted by Crippen LogP contribution is 2.41. The summed E-state index contributed by atoms with van der Waals surface area (Å²) in [7, 11) is 0. The second kappa shape index (κ2) is 8.50. The number of nitrogens with zero attached hydrogens (tertiary/aromatic N) is 4. The van der Waals surface area contributed by atoms with Gasteiger partial charge in [-0.15, -0.1) is 0 Å². The molecule has 0 radical (unpaired) electrons. The lowest BCUT2D eigenvalue weighted by Gasteiger charge is -2.56. The first kappa shape index (κ1) is 21.8. The maximum Gasteiger partial charge on any atom is 0.260 e. The van der Waals surface area contributed by atoms with Gasteiger partial charge in [0.15, 0.2) is 0 Å². The van der Waals surface area contributed by atoms with Crippen molar-refractivity contribution in [1.82, 2.24) is 14.5 Å². The highest BCUT2D eigenvalue weighted by atomic mass is 16.5. The van der Waals surface area contributed by atoms with E-state index in [0.717, 1.165) is 80.4 Å². The Labute approximate surface area is 198 Å². The molecule has 4 heterocycles. The van der Waals surface area contributed by atoms with Gasteiger partial charge in [-0.3, -0.25) is 9.36 Å². The largest absolute Gasteiger partial charge is 0.393 e. The van der Waals surface area contributed by atoms with Gasteiger partial charge in [0.1, 0.15) is 5.65 Å². The third-order valence-corrected chi connectivity index (χ3v) is 7.82. The Hall–Kier alpha value is -2.71. The molecule has 0 unspecified atom stereocenters. The van der Waals surface area contributed by atoms with Gasteiger partial charge in [-0.25, -0.2) is 4.98 Å². The molecule has 8 nitrogen and oxygen atoms in total. The van der Waals surface area contributed by atoms with Crippen LogP contribution in [0.4, 0.5) is 11.6 Å². The zero-order valence-electron chi connectivity index (χ0n) is 19.8. The maximum atomic E-state index is 14.0. The van der Waals surface area contributed by atoms with Crippen LogP contribution < -0.4 is 15.8 Å². The van der Waals surface area contributed by atoms with Crippen molar-refractivity contribution in [1.29, 1.82) is 0 Å². The number of unbranched alkanes of at least 4 members (excludes halogenated alkanes) is 1. The van der Waals surface area contributed by atoms with Gasteiger partial charge in [-0.1, -0.05) is 19.4 Å². The Morgan fingerprint density at radius 2 is 1.94 bits per heavy atom. The Kier molecular flexibility index (Phi) is 5.45. The van der Waals surface area contributed by atoms with Crippen molar-refractivity contribution in [3.8, 4) is 0 Å². The molecule has 1 saturated carbocycles. The first-order valence-electron chi connectivity index (χ1n) is 12.7. The minimum atomic E-state index is -0.277. The summed E-state index contributed by atoms with van der Waals surface area (Å²) in [5, 5.41) is 15.9. The van der Waals surface area contributed by atoms with Crippen molar-refractivity contribution in [2.75, 3.05) is 43.1 Å². The number of ether oxygens (including phenoxy) is 1. The number of pyridine rings is 1. The Bertz CT molecular complexity index is 1270. The van der Waals surface area contributed by atoms with Gasteiger partial charge in [-0.05, 0) is 49.6 Å². The number of aliphatic hydroxyl groups is 1. The van der Waals surface area contributed by atoms with Gasteiger partial charge in [-0.2, -0.15) is 4.98 Å². The third kappa shape index (κ3) is 3.64. The summed E-state index contributed by atoms with van der Waals surface area (Å²) in [5.41, 5.74) is 2.10. The lowest BCUT2D eigenvalue weighted by molar-refractivity contribution is -0.127. The monoisotopic (exact) mass is 463 g/mol. The second-order valence-electron chi connectivity index (χ2n) is 10.4. The standard InChI is InChI=1S/C26H33N5O3/c1-2-3-10-27-25-28-12-22-20-9-6-18(30-13-26(14-30)15-34-16-26)11-21(20)24(33)31(23(22)29-25)17-4-7-19(32)8-5-17/h6,9,11-12,17,19,32H,2-5,7-8,10,13-16H2,1H3,(H,27,28,29). The fourth-order valence-electron chi connectivity index (χ4n) is 5.75. The van der Waals surface area contributed by atoms with Crippen LogP contribution in [0, 0.1) is 5.41 Å². The van der Waals surface area contributed by atoms with Crippen molar-refractivity contribution in [2.24, 2.45) is 5.41 Å². The summed E-state index contributed by atoms with van der Waals surface area (Å²) in [6.45, 7) is 6.61. The van der Waals surface area contributed by atoms with Crippen LogP contribution in [0.15, 0.2) is 29.2 Å². The van der Waals surface area contributed by atoms with Crippen LogP contribution in [0.1, 0.15) is 51.5 Å². The van der Waals surface area contributed by atoms with E-state index >= 15 is 0 Å². The topological polar surface area (TPSA) is 92.5 Å². The van der Waals surface area contributed by atoms with Crippen LogP contribution in [0.5, 0.6) is 0 Å². The zero-order chi connectivity index (χ0) is 23.3. The average molecular weight is 464 g/mol. The quantitative estimate of drug-likeness (QED) is 0.427. The van der Waals surface area contributed by atoms with Gasteiger partial charge in [0.2, 0.25) is 5.95 Å². The van der Waals surface area contributed by atoms with Crippen LogP contribution in [-0.4, -0.2) is 58.6 Å². The van der Waals surface area contributed by atoms with E-state index in [-0.39, 0.29) is 17.7 Å². The van der Waals surface area contributed by atoms with Crippen molar-refractivity contribution >= 4 is 33.4 Å². The van der Waals surface area contributed by atoms with Gasteiger partial charge < -0.3 is 20.1 Å². The highest BCUT2D eigenvalue weighted by Gasteiger charge is 2.49. The number of aliphatic hydroxyl groups excluding tert-OH is 1. The summed E-state index contributed by atoms with van der Waals surface area (Å²) in [6, 6.07) is 6.25. The Morgan fingerprint density at radius 3 is 2.65 bits per heavy atom. The molecule has 0 bridgehead atoms. The smallest absolute Gasteiger partial charge is 0.260 e. The molecule has 2 N–H and O–H groups in total. The second-order valence-corrected chi connectivity index (χ2v) is 10.4. The van der Waals surface area contributed by atoms with E-state index in [1.165, 1.54) is 0 Å². The number of nitrogens with one attached hydrogen (secondary N) is 1. The summed E-state index contributed by atoms with van der Waals surface area (Å²) in [4.78, 5) is 25.7. The third-order valence-electron chi connectivity index (χ3n) is 7.82. The lowest BCUT2D eigenvalue weighted by Crippen LogP contribution is -2.66. The molecule has 6 rings (SSSR count). The van der Waals surface area contributed by atoms with Crippen LogP contribution in [0.2, 0.25) is 0 Å². The molecule has 3 aliphatic rings. The Morgan fingerprint density at radius 1 is 1.15 bits per heavy atom. The molecule has 2 saturated heterocycles. The number of hydrogen-bond acceptors (Lipinski definition) is 7. The van der Waals surface area contributed by atoms with Gasteiger partial charge >= 0.3 is 0 Å². The van der Waals surface area contributed by atoms with E-state index in [9.17, 15) is 9.90 Å². The molecule has 1 aromatic carbocycles. The van der Waals surface area contributed by atoms with Crippen LogP contribution >= 0.6 is 0 Å². The lowest BCUT2D eigenvalue weighted by atomic mass is 9.77. The summed E-state index contributed by atoms with van der Waals surface area (Å²) < 4.78 is 7.30. The summed E-state index contributed by atoms with van der Waals surface area (Å²) in [6.07, 6.45) is 6.68. The molecule has 3 fully saturated rings. The van der Waals surface area contributed by atoms with Crippen molar-refractivity contribution in [3.05, 3.63) is 34.7 Å². The number of rotatable bonds is 6. The zero-order valence-corrected chi connectivity index (χ0v) is 19.8. The highest BCUT2D eigenvalue weighted by molar-refractivity contribution is 6.05. The molecule has 0 atom stereocenters. The van der Waals surface area contributed by atoms with Crippen LogP contribution in [0.25, 0.3) is 21.8 Å². The van der Waals surface area contributed by atoms with E-state index in [4.69, 9.17) is 9.72 Å². The SMILES string of the molecule is CCCCNc1ncc2c3ccc(N4CC5(COC5)C4)cc3c(=O)n(C3CCC(O)CC3)c2n1. The molecule has 3 aromatic rings. The fourth-order valence-corrected chi connectivity index (χ4v) is 5.75. The van der Waals surface area contributed by atoms with Gasteiger partial charge in [0.05, 0.1) is 30.1 Å². The average Bonchev–Trinajstić information content (AvgIpc) is 2.79. The molecule has 2 aliphatic heterocycles. The predicted molar refractivity (Wildman–Crippen MR) is 134 cm³/mol. The first-order valence-corrected chi connectivity index (χ1v) is 12.7. The van der Waals surface area contributed by atoms with Gasteiger partial charge in [0.25, 0.3) is 5.56 Å².